The van der Waals surface area contributed by atoms with E-state index in [0.29, 0.717) is 11.3 Å². The van der Waals surface area contributed by atoms with Gasteiger partial charge in [0.15, 0.2) is 0 Å². The molecule has 0 saturated carbocycles. The lowest BCUT2D eigenvalue weighted by molar-refractivity contribution is 0.255. The molecule has 0 aliphatic carbocycles. The van der Waals surface area contributed by atoms with Gasteiger partial charge in [-0.05, 0) is 37.8 Å². The van der Waals surface area contributed by atoms with Crippen molar-refractivity contribution in [2.75, 3.05) is 13.1 Å². The summed E-state index contributed by atoms with van der Waals surface area (Å²) in [6.45, 7) is 8.16. The molecule has 1 fully saturated rings. The molecule has 0 atom stereocenters. The summed E-state index contributed by atoms with van der Waals surface area (Å²) in [6.07, 6.45) is 3.94. The Hall–Kier alpha value is -0.120. The largest absolute Gasteiger partial charge is 0.297 e. The van der Waals surface area contributed by atoms with Crippen LogP contribution in [0.3, 0.4) is 0 Å². The van der Waals surface area contributed by atoms with Crippen LogP contribution >= 0.6 is 22.9 Å². The molecular formula is C13H21ClN2S. The van der Waals surface area contributed by atoms with Crippen molar-refractivity contribution in [2.45, 2.75) is 45.5 Å². The number of halogens is 1. The summed E-state index contributed by atoms with van der Waals surface area (Å²) in [5.74, 6) is 0.531. The molecule has 0 aromatic carbocycles. The van der Waals surface area contributed by atoms with Crippen molar-refractivity contribution in [3.05, 3.63) is 16.1 Å². The molecule has 2 nitrogen and oxygen atoms in total. The van der Waals surface area contributed by atoms with Gasteiger partial charge in [-0.3, -0.25) is 4.90 Å². The van der Waals surface area contributed by atoms with Crippen LogP contribution in [0.4, 0.5) is 0 Å². The molecule has 2 heterocycles. The maximum atomic E-state index is 5.78. The van der Waals surface area contributed by atoms with E-state index >= 15 is 0 Å². The maximum Gasteiger partial charge on any atom is 0.107 e. The molecule has 1 saturated heterocycles. The van der Waals surface area contributed by atoms with Crippen LogP contribution in [0.15, 0.2) is 5.38 Å². The van der Waals surface area contributed by atoms with Crippen LogP contribution in [0.2, 0.25) is 0 Å². The van der Waals surface area contributed by atoms with E-state index in [2.05, 4.69) is 29.1 Å². The highest BCUT2D eigenvalue weighted by atomic mass is 35.5. The fraction of sp³-hybridized carbons (Fsp3) is 0.769. The number of alkyl halides is 1. The number of likely N-dealkylation sites (tertiary alicyclic amines) is 1. The second kappa shape index (κ2) is 5.68. The van der Waals surface area contributed by atoms with Crippen LogP contribution in [0.25, 0.3) is 0 Å². The third kappa shape index (κ3) is 3.94. The molecule has 1 aromatic heterocycles. The highest BCUT2D eigenvalue weighted by molar-refractivity contribution is 7.09. The third-order valence-electron chi connectivity index (χ3n) is 3.53. The molecule has 2 rings (SSSR count). The lowest BCUT2D eigenvalue weighted by Crippen LogP contribution is -2.25. The van der Waals surface area contributed by atoms with Crippen LogP contribution in [-0.4, -0.2) is 23.0 Å². The molecule has 1 aliphatic rings. The first-order valence-electron chi connectivity index (χ1n) is 6.31. The van der Waals surface area contributed by atoms with Crippen LogP contribution in [0, 0.1) is 5.41 Å². The summed E-state index contributed by atoms with van der Waals surface area (Å²) in [7, 11) is 0. The summed E-state index contributed by atoms with van der Waals surface area (Å²) in [6, 6.07) is 0. The predicted molar refractivity (Wildman–Crippen MR) is 74.6 cm³/mol. The monoisotopic (exact) mass is 272 g/mol. The minimum absolute atomic E-state index is 0.513. The smallest absolute Gasteiger partial charge is 0.107 e. The molecule has 96 valence electrons. The quantitative estimate of drug-likeness (QED) is 0.776. The number of rotatable bonds is 3. The van der Waals surface area contributed by atoms with E-state index in [0.717, 1.165) is 12.2 Å². The highest BCUT2D eigenvalue weighted by Crippen LogP contribution is 2.30. The fourth-order valence-electron chi connectivity index (χ4n) is 2.31. The molecular weight excluding hydrogens is 252 g/mol. The lowest BCUT2D eigenvalue weighted by Gasteiger charge is -2.22. The molecule has 1 aliphatic heterocycles. The Bertz CT molecular complexity index is 362. The molecule has 0 N–H and O–H groups in total. The van der Waals surface area contributed by atoms with E-state index in [9.17, 15) is 0 Å². The van der Waals surface area contributed by atoms with Crippen molar-refractivity contribution in [1.29, 1.82) is 0 Å². The first-order chi connectivity index (χ1) is 8.09. The van der Waals surface area contributed by atoms with E-state index in [1.54, 1.807) is 11.3 Å². The van der Waals surface area contributed by atoms with E-state index in [1.807, 2.05) is 0 Å². The zero-order valence-electron chi connectivity index (χ0n) is 10.7. The van der Waals surface area contributed by atoms with Crippen molar-refractivity contribution >= 4 is 22.9 Å². The topological polar surface area (TPSA) is 16.1 Å². The average molecular weight is 273 g/mol. The standard InChI is InChI=1S/C13H21ClN2S/c1-13(2)4-3-6-16(7-5-13)9-12-15-11(8-14)10-17-12/h10H,3-9H2,1-2H3. The van der Waals surface area contributed by atoms with Crippen LogP contribution < -0.4 is 0 Å². The normalized spacial score (nSPS) is 21.4. The van der Waals surface area contributed by atoms with Crippen LogP contribution in [0.5, 0.6) is 0 Å². The zero-order valence-corrected chi connectivity index (χ0v) is 12.3. The molecule has 17 heavy (non-hydrogen) atoms. The van der Waals surface area contributed by atoms with Crippen LogP contribution in [0.1, 0.15) is 43.8 Å². The Balaban J connectivity index is 1.90. The summed E-state index contributed by atoms with van der Waals surface area (Å²) in [5, 5.41) is 3.28. The summed E-state index contributed by atoms with van der Waals surface area (Å²) >= 11 is 7.51. The summed E-state index contributed by atoms with van der Waals surface area (Å²) in [4.78, 5) is 7.07. The van der Waals surface area contributed by atoms with Gasteiger partial charge in [0, 0.05) is 5.38 Å². The van der Waals surface area contributed by atoms with Gasteiger partial charge in [-0.2, -0.15) is 0 Å². The predicted octanol–water partition coefficient (Wildman–Crippen LogP) is 3.89. The number of aromatic nitrogens is 1. The number of thiazole rings is 1. The lowest BCUT2D eigenvalue weighted by atomic mass is 9.85. The van der Waals surface area contributed by atoms with Crippen molar-refractivity contribution in [1.82, 2.24) is 9.88 Å². The molecule has 0 amide bonds. The minimum atomic E-state index is 0.513. The van der Waals surface area contributed by atoms with E-state index in [1.165, 1.54) is 37.4 Å². The van der Waals surface area contributed by atoms with Gasteiger partial charge < -0.3 is 0 Å². The fourth-order valence-corrected chi connectivity index (χ4v) is 3.37. The van der Waals surface area contributed by atoms with Crippen LogP contribution in [-0.2, 0) is 12.4 Å². The van der Waals surface area contributed by atoms with Crippen molar-refractivity contribution in [2.24, 2.45) is 5.41 Å². The molecule has 0 radical (unpaired) electrons. The average Bonchev–Trinajstić information content (AvgIpc) is 2.66. The van der Waals surface area contributed by atoms with E-state index < -0.39 is 0 Å². The Labute approximate surface area is 113 Å². The summed E-state index contributed by atoms with van der Waals surface area (Å²) in [5.41, 5.74) is 1.53. The first-order valence-corrected chi connectivity index (χ1v) is 7.72. The Kier molecular flexibility index (Phi) is 4.45. The van der Waals surface area contributed by atoms with Crippen molar-refractivity contribution in [3.63, 3.8) is 0 Å². The number of hydrogen-bond donors (Lipinski definition) is 0. The van der Waals surface area contributed by atoms with Gasteiger partial charge in [0.25, 0.3) is 0 Å². The second-order valence-electron chi connectivity index (χ2n) is 5.66. The van der Waals surface area contributed by atoms with Gasteiger partial charge in [0.1, 0.15) is 5.01 Å². The van der Waals surface area contributed by atoms with Crippen molar-refractivity contribution < 1.29 is 0 Å². The molecule has 0 unspecified atom stereocenters. The third-order valence-corrected chi connectivity index (χ3v) is 4.68. The number of nitrogens with zero attached hydrogens (tertiary/aromatic N) is 2. The van der Waals surface area contributed by atoms with E-state index in [4.69, 9.17) is 11.6 Å². The first kappa shape index (κ1) is 13.3. The second-order valence-corrected chi connectivity index (χ2v) is 6.87. The van der Waals surface area contributed by atoms with Gasteiger partial charge in [-0.25, -0.2) is 4.98 Å². The molecule has 4 heteroatoms. The summed E-state index contributed by atoms with van der Waals surface area (Å²) < 4.78 is 0. The zero-order chi connectivity index (χ0) is 12.3. The number of hydrogen-bond acceptors (Lipinski definition) is 3. The molecule has 1 aromatic rings. The van der Waals surface area contributed by atoms with E-state index in [-0.39, 0.29) is 0 Å². The minimum Gasteiger partial charge on any atom is -0.297 e. The van der Waals surface area contributed by atoms with Gasteiger partial charge >= 0.3 is 0 Å². The Morgan fingerprint density at radius 3 is 2.94 bits per heavy atom. The Morgan fingerprint density at radius 2 is 2.24 bits per heavy atom. The highest BCUT2D eigenvalue weighted by Gasteiger charge is 2.23. The Morgan fingerprint density at radius 1 is 1.41 bits per heavy atom. The SMILES string of the molecule is CC1(C)CCCN(Cc2nc(CCl)cs2)CC1. The maximum absolute atomic E-state index is 5.78. The van der Waals surface area contributed by atoms with Gasteiger partial charge in [-0.15, -0.1) is 22.9 Å². The molecule has 0 spiro atoms. The van der Waals surface area contributed by atoms with Gasteiger partial charge in [-0.1, -0.05) is 13.8 Å². The van der Waals surface area contributed by atoms with Gasteiger partial charge in [0.05, 0.1) is 18.1 Å². The molecule has 0 bridgehead atoms. The van der Waals surface area contributed by atoms with Gasteiger partial charge in [0.2, 0.25) is 0 Å². The van der Waals surface area contributed by atoms with Crippen molar-refractivity contribution in [3.8, 4) is 0 Å².